The van der Waals surface area contributed by atoms with Gasteiger partial charge in [0.15, 0.2) is 0 Å². The van der Waals surface area contributed by atoms with Crippen LogP contribution in [-0.2, 0) is 16.6 Å². The summed E-state index contributed by atoms with van der Waals surface area (Å²) in [6.45, 7) is 8.32. The smallest absolute Gasteiger partial charge is 0.239 e. The van der Waals surface area contributed by atoms with Crippen molar-refractivity contribution in [2.24, 2.45) is 7.05 Å². The molecule has 0 saturated carbocycles. The van der Waals surface area contributed by atoms with Gasteiger partial charge in [0.05, 0.1) is 25.3 Å². The highest BCUT2D eigenvalue weighted by Crippen LogP contribution is 2.28. The van der Waals surface area contributed by atoms with Crippen LogP contribution in [0.25, 0.3) is 0 Å². The molecule has 29 heavy (non-hydrogen) atoms. The molecule has 7 nitrogen and oxygen atoms in total. The summed E-state index contributed by atoms with van der Waals surface area (Å²) in [5.74, 6) is 1.28. The standard InChI is InChI=1S/C22H31N5O2/c1-18(25-14-16-29-17-15-25)22(28)27-12-10-26(11-13-27)20(19-6-4-3-5-7-19)21-23-8-9-24(21)2/h3-9,18,20H,10-17H2,1-2H3/t18-,20+/m0/s1. The third-order valence-electron chi connectivity index (χ3n) is 6.16. The maximum atomic E-state index is 13.0. The number of carbonyl (C=O) groups excluding carboxylic acids is 1. The highest BCUT2D eigenvalue weighted by atomic mass is 16.5. The molecule has 2 fully saturated rings. The monoisotopic (exact) mass is 397 g/mol. The van der Waals surface area contributed by atoms with Crippen LogP contribution in [0.5, 0.6) is 0 Å². The molecule has 2 aromatic rings. The second-order valence-electron chi connectivity index (χ2n) is 7.90. The fourth-order valence-corrected chi connectivity index (χ4v) is 4.38. The van der Waals surface area contributed by atoms with Gasteiger partial charge in [0.1, 0.15) is 5.82 Å². The molecule has 2 aliphatic rings. The largest absolute Gasteiger partial charge is 0.379 e. The Labute approximate surface area is 172 Å². The molecule has 3 heterocycles. The van der Waals surface area contributed by atoms with Crippen LogP contribution in [0, 0.1) is 0 Å². The third kappa shape index (κ3) is 4.37. The van der Waals surface area contributed by atoms with Crippen LogP contribution < -0.4 is 0 Å². The highest BCUT2D eigenvalue weighted by molar-refractivity contribution is 5.81. The van der Waals surface area contributed by atoms with Crippen LogP contribution in [0.2, 0.25) is 0 Å². The molecule has 0 bridgehead atoms. The number of ether oxygens (including phenoxy) is 1. The number of nitrogens with zero attached hydrogens (tertiary/aromatic N) is 5. The molecule has 2 atom stereocenters. The number of imidazole rings is 1. The van der Waals surface area contributed by atoms with Crippen molar-refractivity contribution in [3.05, 3.63) is 54.1 Å². The second-order valence-corrected chi connectivity index (χ2v) is 7.90. The molecule has 0 spiro atoms. The van der Waals surface area contributed by atoms with Gasteiger partial charge in [0.25, 0.3) is 0 Å². The maximum absolute atomic E-state index is 13.0. The van der Waals surface area contributed by atoms with Crippen molar-refractivity contribution in [3.8, 4) is 0 Å². The maximum Gasteiger partial charge on any atom is 0.239 e. The Morgan fingerprint density at radius 3 is 2.31 bits per heavy atom. The zero-order valence-electron chi connectivity index (χ0n) is 17.4. The van der Waals surface area contributed by atoms with E-state index < -0.39 is 0 Å². The Balaban J connectivity index is 1.44. The van der Waals surface area contributed by atoms with Gasteiger partial charge in [0.2, 0.25) is 5.91 Å². The number of aromatic nitrogens is 2. The molecule has 0 unspecified atom stereocenters. The molecule has 1 aromatic carbocycles. The number of hydrogen-bond acceptors (Lipinski definition) is 5. The van der Waals surface area contributed by atoms with Gasteiger partial charge in [-0.3, -0.25) is 14.6 Å². The van der Waals surface area contributed by atoms with Crippen molar-refractivity contribution >= 4 is 5.91 Å². The summed E-state index contributed by atoms with van der Waals surface area (Å²) in [6.07, 6.45) is 3.85. The van der Waals surface area contributed by atoms with E-state index in [0.29, 0.717) is 13.2 Å². The first-order valence-electron chi connectivity index (χ1n) is 10.5. The lowest BCUT2D eigenvalue weighted by Crippen LogP contribution is -2.56. The van der Waals surface area contributed by atoms with Gasteiger partial charge in [0, 0.05) is 58.7 Å². The fraction of sp³-hybridized carbons (Fsp3) is 0.545. The molecule has 156 valence electrons. The first-order chi connectivity index (χ1) is 14.1. The van der Waals surface area contributed by atoms with Gasteiger partial charge >= 0.3 is 0 Å². The SMILES string of the molecule is C[C@@H](C(=O)N1CCN([C@H](c2ccccc2)c2nccn2C)CC1)N1CCOCC1. The molecular weight excluding hydrogens is 366 g/mol. The number of morpholine rings is 1. The Morgan fingerprint density at radius 2 is 1.69 bits per heavy atom. The van der Waals surface area contributed by atoms with Gasteiger partial charge in [-0.2, -0.15) is 0 Å². The molecule has 2 aliphatic heterocycles. The molecule has 0 aliphatic carbocycles. The van der Waals surface area contributed by atoms with Crippen molar-refractivity contribution in [1.82, 2.24) is 24.3 Å². The molecular formula is C22H31N5O2. The topological polar surface area (TPSA) is 53.8 Å². The van der Waals surface area contributed by atoms with E-state index in [9.17, 15) is 4.79 Å². The molecule has 1 amide bonds. The summed E-state index contributed by atoms with van der Waals surface area (Å²) < 4.78 is 7.51. The van der Waals surface area contributed by atoms with Crippen LogP contribution >= 0.6 is 0 Å². The number of hydrogen-bond donors (Lipinski definition) is 0. The van der Waals surface area contributed by atoms with E-state index in [1.807, 2.05) is 37.3 Å². The average Bonchev–Trinajstić information content (AvgIpc) is 3.20. The van der Waals surface area contributed by atoms with E-state index in [2.05, 4.69) is 43.6 Å². The molecule has 1 aromatic heterocycles. The van der Waals surface area contributed by atoms with E-state index in [1.54, 1.807) is 0 Å². The van der Waals surface area contributed by atoms with Crippen molar-refractivity contribution < 1.29 is 9.53 Å². The van der Waals surface area contributed by atoms with Gasteiger partial charge in [-0.05, 0) is 12.5 Å². The van der Waals surface area contributed by atoms with Gasteiger partial charge in [-0.1, -0.05) is 30.3 Å². The average molecular weight is 398 g/mol. The summed E-state index contributed by atoms with van der Waals surface area (Å²) in [6, 6.07) is 10.6. The number of piperazine rings is 1. The van der Waals surface area contributed by atoms with Gasteiger partial charge < -0.3 is 14.2 Å². The van der Waals surface area contributed by atoms with Crippen LogP contribution in [0.3, 0.4) is 0 Å². The van der Waals surface area contributed by atoms with Crippen LogP contribution in [0.15, 0.2) is 42.7 Å². The summed E-state index contributed by atoms with van der Waals surface area (Å²) in [7, 11) is 2.04. The molecule has 2 saturated heterocycles. The quantitative estimate of drug-likeness (QED) is 0.763. The number of aryl methyl sites for hydroxylation is 1. The minimum Gasteiger partial charge on any atom is -0.379 e. The first kappa shape index (κ1) is 20.1. The fourth-order valence-electron chi connectivity index (χ4n) is 4.38. The number of benzene rings is 1. The lowest BCUT2D eigenvalue weighted by molar-refractivity contribution is -0.140. The molecule has 7 heteroatoms. The number of amides is 1. The lowest BCUT2D eigenvalue weighted by Gasteiger charge is -2.41. The van der Waals surface area contributed by atoms with E-state index in [1.165, 1.54) is 5.56 Å². The van der Waals surface area contributed by atoms with Crippen molar-refractivity contribution in [2.75, 3.05) is 52.5 Å². The highest BCUT2D eigenvalue weighted by Gasteiger charge is 2.33. The zero-order chi connectivity index (χ0) is 20.2. The molecule has 0 radical (unpaired) electrons. The normalized spacial score (nSPS) is 21.1. The number of rotatable bonds is 5. The van der Waals surface area contributed by atoms with E-state index >= 15 is 0 Å². The summed E-state index contributed by atoms with van der Waals surface area (Å²) >= 11 is 0. The van der Waals surface area contributed by atoms with E-state index in [0.717, 1.165) is 45.1 Å². The van der Waals surface area contributed by atoms with Crippen LogP contribution in [-0.4, -0.2) is 88.7 Å². The zero-order valence-corrected chi connectivity index (χ0v) is 17.4. The lowest BCUT2D eigenvalue weighted by atomic mass is 10.0. The van der Waals surface area contributed by atoms with Crippen molar-refractivity contribution in [1.29, 1.82) is 0 Å². The summed E-state index contributed by atoms with van der Waals surface area (Å²) in [4.78, 5) is 24.4. The van der Waals surface area contributed by atoms with Crippen molar-refractivity contribution in [2.45, 2.75) is 19.0 Å². The Bertz CT molecular complexity index is 795. The predicted molar refractivity (Wildman–Crippen MR) is 112 cm³/mol. The summed E-state index contributed by atoms with van der Waals surface area (Å²) in [5, 5.41) is 0. The Hall–Kier alpha value is -2.22. The van der Waals surface area contributed by atoms with Crippen molar-refractivity contribution in [3.63, 3.8) is 0 Å². The Kier molecular flexibility index (Phi) is 6.28. The van der Waals surface area contributed by atoms with Gasteiger partial charge in [-0.15, -0.1) is 0 Å². The minimum absolute atomic E-state index is 0.0788. The molecule has 4 rings (SSSR count). The first-order valence-corrected chi connectivity index (χ1v) is 10.5. The second kappa shape index (κ2) is 9.07. The number of carbonyl (C=O) groups is 1. The molecule has 0 N–H and O–H groups in total. The third-order valence-corrected chi connectivity index (χ3v) is 6.16. The van der Waals surface area contributed by atoms with E-state index in [-0.39, 0.29) is 18.0 Å². The minimum atomic E-state index is -0.0788. The van der Waals surface area contributed by atoms with Crippen LogP contribution in [0.1, 0.15) is 24.4 Å². The predicted octanol–water partition coefficient (Wildman–Crippen LogP) is 1.37. The van der Waals surface area contributed by atoms with E-state index in [4.69, 9.17) is 4.74 Å². The van der Waals surface area contributed by atoms with Gasteiger partial charge in [-0.25, -0.2) is 4.98 Å². The van der Waals surface area contributed by atoms with Crippen LogP contribution in [0.4, 0.5) is 0 Å². The summed E-state index contributed by atoms with van der Waals surface area (Å²) in [5.41, 5.74) is 1.24. The Morgan fingerprint density at radius 1 is 1.00 bits per heavy atom.